The fourth-order valence-corrected chi connectivity index (χ4v) is 11.6. The van der Waals surface area contributed by atoms with Gasteiger partial charge in [-0.15, -0.1) is 0 Å². The second-order valence-corrected chi connectivity index (χ2v) is 17.2. The zero-order chi connectivity index (χ0) is 31.2. The van der Waals surface area contributed by atoms with Gasteiger partial charge in [0.2, 0.25) is 0 Å². The molecule has 1 aromatic rings. The fourth-order valence-electron chi connectivity index (χ4n) is 11.6. The van der Waals surface area contributed by atoms with Crippen LogP contribution in [0.1, 0.15) is 113 Å². The summed E-state index contributed by atoms with van der Waals surface area (Å²) in [4.78, 5) is 40.0. The van der Waals surface area contributed by atoms with E-state index >= 15 is 0 Å². The third-order valence-electron chi connectivity index (χ3n) is 14.5. The highest BCUT2D eigenvalue weighted by Gasteiger charge is 2.69. The number of aliphatic hydroxyl groups excluding tert-OH is 1. The van der Waals surface area contributed by atoms with E-state index in [1.807, 2.05) is 0 Å². The molecule has 43 heavy (non-hydrogen) atoms. The molecule has 0 radical (unpaired) electrons. The van der Waals surface area contributed by atoms with Gasteiger partial charge in [-0.25, -0.2) is 4.79 Å². The molecule has 4 fully saturated rings. The maximum absolute atomic E-state index is 14.2. The number of allylic oxidation sites excluding steroid dienone is 2. The lowest BCUT2D eigenvalue weighted by Gasteiger charge is -2.71. The van der Waals surface area contributed by atoms with Gasteiger partial charge in [0.05, 0.1) is 18.1 Å². The second kappa shape index (κ2) is 9.92. The van der Waals surface area contributed by atoms with E-state index in [2.05, 4.69) is 59.5 Å². The number of aromatic amines is 1. The molecule has 1 aromatic heterocycles. The van der Waals surface area contributed by atoms with E-state index in [1.165, 1.54) is 28.8 Å². The summed E-state index contributed by atoms with van der Waals surface area (Å²) >= 11 is 0. The number of nitrogens with one attached hydrogen (secondary N) is 1. The lowest BCUT2D eigenvalue weighted by Crippen LogP contribution is -2.65. The van der Waals surface area contributed by atoms with Crippen LogP contribution in [0.2, 0.25) is 0 Å². The molecule has 5 aliphatic rings. The fraction of sp³-hybridized carbons (Fsp3) is 0.806. The lowest BCUT2D eigenvalue weighted by molar-refractivity contribution is -0.206. The Hall–Kier alpha value is -2.15. The van der Waals surface area contributed by atoms with Crippen LogP contribution in [0, 0.1) is 50.2 Å². The van der Waals surface area contributed by atoms with E-state index in [4.69, 9.17) is 4.74 Å². The van der Waals surface area contributed by atoms with Crippen molar-refractivity contribution >= 4 is 5.97 Å². The molecular formula is C36H54N2O5. The van der Waals surface area contributed by atoms with Crippen molar-refractivity contribution in [3.63, 3.8) is 0 Å². The van der Waals surface area contributed by atoms with Crippen molar-refractivity contribution in [2.75, 3.05) is 6.61 Å². The van der Waals surface area contributed by atoms with Crippen LogP contribution in [-0.2, 0) is 16.1 Å². The van der Waals surface area contributed by atoms with Crippen molar-refractivity contribution < 1.29 is 14.6 Å². The minimum Gasteiger partial charge on any atom is -0.463 e. The molecule has 0 bridgehead atoms. The molecule has 0 unspecified atom stereocenters. The number of fused-ring (bicyclic) bond motifs is 7. The van der Waals surface area contributed by atoms with Crippen LogP contribution in [0.5, 0.6) is 0 Å². The molecule has 0 spiro atoms. The van der Waals surface area contributed by atoms with Crippen molar-refractivity contribution in [3.05, 3.63) is 44.8 Å². The highest BCUT2D eigenvalue weighted by Crippen LogP contribution is 2.75. The second-order valence-electron chi connectivity index (χ2n) is 17.2. The average Bonchev–Trinajstić information content (AvgIpc) is 2.92. The van der Waals surface area contributed by atoms with Gasteiger partial charge in [0.25, 0.3) is 5.56 Å². The SMILES string of the molecule is CC1(C)CC[C@]2(C(=O)OCCn3ccc(=O)[nH]c3=O)CC[C@]3(C)C(=CC[C@@H]4[C@@]5(C)CC[C@H](O)C(C)(C)[C@@H]5CC[C@]43C)[C@@H]2C1. The van der Waals surface area contributed by atoms with Gasteiger partial charge in [0, 0.05) is 12.3 Å². The van der Waals surface area contributed by atoms with Crippen molar-refractivity contribution in [2.24, 2.45) is 50.2 Å². The summed E-state index contributed by atoms with van der Waals surface area (Å²) in [7, 11) is 0. The van der Waals surface area contributed by atoms with Crippen LogP contribution < -0.4 is 11.2 Å². The van der Waals surface area contributed by atoms with Crippen molar-refractivity contribution in [1.29, 1.82) is 0 Å². The first-order valence-corrected chi connectivity index (χ1v) is 16.9. The van der Waals surface area contributed by atoms with Crippen LogP contribution in [-0.4, -0.2) is 33.3 Å². The first kappa shape index (κ1) is 30.9. The number of H-pyrrole nitrogens is 1. The molecule has 7 nitrogen and oxygen atoms in total. The van der Waals surface area contributed by atoms with Gasteiger partial charge in [0.1, 0.15) is 6.61 Å². The quantitative estimate of drug-likeness (QED) is 0.317. The average molecular weight is 595 g/mol. The Kier molecular flexibility index (Phi) is 7.12. The molecule has 6 rings (SSSR count). The molecule has 7 heteroatoms. The third-order valence-corrected chi connectivity index (χ3v) is 14.5. The van der Waals surface area contributed by atoms with Crippen LogP contribution in [0.4, 0.5) is 0 Å². The zero-order valence-electron chi connectivity index (χ0n) is 27.6. The molecule has 0 aromatic carbocycles. The Labute approximate surface area is 256 Å². The van der Waals surface area contributed by atoms with Gasteiger partial charge in [-0.1, -0.05) is 60.1 Å². The third kappa shape index (κ3) is 4.40. The van der Waals surface area contributed by atoms with Gasteiger partial charge in [-0.2, -0.15) is 0 Å². The minimum atomic E-state index is -0.530. The number of aliphatic hydroxyl groups is 1. The maximum Gasteiger partial charge on any atom is 0.328 e. The summed E-state index contributed by atoms with van der Waals surface area (Å²) in [5.74, 6) is 1.12. The zero-order valence-corrected chi connectivity index (χ0v) is 27.6. The van der Waals surface area contributed by atoms with Crippen LogP contribution in [0.25, 0.3) is 0 Å². The highest BCUT2D eigenvalue weighted by molar-refractivity contribution is 5.78. The summed E-state index contributed by atoms with van der Waals surface area (Å²) in [5, 5.41) is 11.0. The predicted octanol–water partition coefficient (Wildman–Crippen LogP) is 6.24. The van der Waals surface area contributed by atoms with Gasteiger partial charge >= 0.3 is 11.7 Å². The number of carbonyl (C=O) groups is 1. The van der Waals surface area contributed by atoms with E-state index in [0.29, 0.717) is 11.8 Å². The molecule has 8 atom stereocenters. The van der Waals surface area contributed by atoms with Gasteiger partial charge in [-0.3, -0.25) is 19.1 Å². The van der Waals surface area contributed by atoms with Crippen molar-refractivity contribution in [2.45, 2.75) is 125 Å². The van der Waals surface area contributed by atoms with Crippen LogP contribution in [0.3, 0.4) is 0 Å². The molecule has 4 saturated carbocycles. The van der Waals surface area contributed by atoms with Gasteiger partial charge in [0.15, 0.2) is 0 Å². The van der Waals surface area contributed by atoms with Crippen LogP contribution >= 0.6 is 0 Å². The Balaban J connectivity index is 1.31. The normalized spacial score (nSPS) is 42.8. The highest BCUT2D eigenvalue weighted by atomic mass is 16.5. The standard InChI is InChI=1S/C36H54N2O5/c1-31(2)15-17-36(29(41)43-21-20-38-19-12-28(40)37-30(38)42)18-16-34(6)23(24(36)22-31)8-9-26-33(5)13-11-27(39)32(3,4)25(33)10-14-35(26,34)7/h8,12,19,24-27,39H,9-11,13-18,20-22H2,1-7H3,(H,37,40,42)/t24-,25-,26+,27-,33-,34+,35+,36-/m0/s1. The topological polar surface area (TPSA) is 101 Å². The summed E-state index contributed by atoms with van der Waals surface area (Å²) in [6.07, 6.45) is 13.8. The number of hydrogen-bond donors (Lipinski definition) is 2. The monoisotopic (exact) mass is 594 g/mol. The molecule has 238 valence electrons. The molecule has 2 N–H and O–H groups in total. The molecule has 5 aliphatic carbocycles. The maximum atomic E-state index is 14.2. The van der Waals surface area contributed by atoms with Gasteiger partial charge < -0.3 is 9.84 Å². The number of hydrogen-bond acceptors (Lipinski definition) is 5. The van der Waals surface area contributed by atoms with E-state index in [-0.39, 0.29) is 58.2 Å². The first-order chi connectivity index (χ1) is 20.0. The Morgan fingerprint density at radius 2 is 1.70 bits per heavy atom. The number of ether oxygens (including phenoxy) is 1. The number of carbonyl (C=O) groups excluding carboxylic acids is 1. The van der Waals surface area contributed by atoms with E-state index < -0.39 is 16.7 Å². The summed E-state index contributed by atoms with van der Waals surface area (Å²) < 4.78 is 7.41. The number of esters is 1. The predicted molar refractivity (Wildman–Crippen MR) is 167 cm³/mol. The molecule has 0 amide bonds. The lowest BCUT2D eigenvalue weighted by atomic mass is 9.33. The minimum absolute atomic E-state index is 0.0230. The molecule has 1 heterocycles. The van der Waals surface area contributed by atoms with Crippen LogP contribution in [0.15, 0.2) is 33.5 Å². The smallest absolute Gasteiger partial charge is 0.328 e. The van der Waals surface area contributed by atoms with E-state index in [0.717, 1.165) is 57.8 Å². The Morgan fingerprint density at radius 1 is 0.977 bits per heavy atom. The van der Waals surface area contributed by atoms with Gasteiger partial charge in [-0.05, 0) is 109 Å². The Morgan fingerprint density at radius 3 is 2.42 bits per heavy atom. The number of aromatic nitrogens is 2. The summed E-state index contributed by atoms with van der Waals surface area (Å²) in [6, 6.07) is 1.32. The van der Waals surface area contributed by atoms with Crippen molar-refractivity contribution in [1.82, 2.24) is 9.55 Å². The number of rotatable bonds is 4. The first-order valence-electron chi connectivity index (χ1n) is 16.9. The summed E-state index contributed by atoms with van der Waals surface area (Å²) in [5.41, 5.74) is 0.508. The largest absolute Gasteiger partial charge is 0.463 e. The number of nitrogens with zero attached hydrogens (tertiary/aromatic N) is 1. The molecule has 0 saturated heterocycles. The molecule has 0 aliphatic heterocycles. The van der Waals surface area contributed by atoms with E-state index in [9.17, 15) is 19.5 Å². The summed E-state index contributed by atoms with van der Waals surface area (Å²) in [6.45, 7) is 17.3. The Bertz CT molecular complexity index is 1440. The van der Waals surface area contributed by atoms with E-state index in [1.54, 1.807) is 0 Å². The van der Waals surface area contributed by atoms with Crippen molar-refractivity contribution in [3.8, 4) is 0 Å². The molecular weight excluding hydrogens is 540 g/mol.